The van der Waals surface area contributed by atoms with Crippen molar-refractivity contribution in [1.29, 1.82) is 5.26 Å². The van der Waals surface area contributed by atoms with Gasteiger partial charge in [0.2, 0.25) is 0 Å². The molecule has 0 fully saturated rings. The smallest absolute Gasteiger partial charge is 0.290 e. The van der Waals surface area contributed by atoms with Crippen LogP contribution < -0.4 is 0 Å². The van der Waals surface area contributed by atoms with Crippen LogP contribution in [0.2, 0.25) is 0 Å². The van der Waals surface area contributed by atoms with Crippen molar-refractivity contribution in [3.05, 3.63) is 30.2 Å². The van der Waals surface area contributed by atoms with Gasteiger partial charge in [0.15, 0.2) is 5.65 Å². The van der Waals surface area contributed by atoms with Crippen LogP contribution in [0.25, 0.3) is 5.65 Å². The van der Waals surface area contributed by atoms with Gasteiger partial charge in [-0.1, -0.05) is 0 Å². The first-order valence-electron chi connectivity index (χ1n) is 3.59. The molecule has 2 rings (SSSR count). The number of hydrogen-bond acceptors (Lipinski definition) is 4. The van der Waals surface area contributed by atoms with E-state index in [2.05, 4.69) is 10.1 Å². The summed E-state index contributed by atoms with van der Waals surface area (Å²) in [5, 5.41) is 19.5. The van der Waals surface area contributed by atoms with Crippen LogP contribution in [0.4, 0.5) is 0 Å². The van der Waals surface area contributed by atoms with Crippen LogP contribution in [-0.2, 0) is 4.79 Å². The van der Waals surface area contributed by atoms with E-state index in [4.69, 9.17) is 15.2 Å². The van der Waals surface area contributed by atoms with Crippen molar-refractivity contribution >= 4 is 12.1 Å². The van der Waals surface area contributed by atoms with Gasteiger partial charge < -0.3 is 5.11 Å². The quantitative estimate of drug-likeness (QED) is 0.603. The second-order valence-electron chi connectivity index (χ2n) is 2.16. The third-order valence-electron chi connectivity index (χ3n) is 1.42. The highest BCUT2D eigenvalue weighted by molar-refractivity contribution is 5.53. The second kappa shape index (κ2) is 4.57. The lowest BCUT2D eigenvalue weighted by molar-refractivity contribution is -0.122. The summed E-state index contributed by atoms with van der Waals surface area (Å²) >= 11 is 0. The Hall–Kier alpha value is -2.42. The normalized spacial score (nSPS) is 8.50. The molecule has 2 heterocycles. The van der Waals surface area contributed by atoms with E-state index in [1.54, 1.807) is 29.2 Å². The molecule has 1 N–H and O–H groups in total. The van der Waals surface area contributed by atoms with Crippen LogP contribution in [-0.4, -0.2) is 26.2 Å². The number of carboxylic acid groups (broad SMARTS) is 1. The number of aromatic nitrogens is 3. The van der Waals surface area contributed by atoms with Crippen LogP contribution >= 0.6 is 0 Å². The summed E-state index contributed by atoms with van der Waals surface area (Å²) in [5.74, 6) is 0. The third-order valence-corrected chi connectivity index (χ3v) is 1.42. The van der Waals surface area contributed by atoms with Gasteiger partial charge in [-0.3, -0.25) is 4.79 Å². The van der Waals surface area contributed by atoms with E-state index < -0.39 is 0 Å². The first-order valence-corrected chi connectivity index (χ1v) is 3.59. The highest BCUT2D eigenvalue weighted by Gasteiger charge is 1.99. The first kappa shape index (κ1) is 9.67. The summed E-state index contributed by atoms with van der Waals surface area (Å²) < 4.78 is 1.57. The van der Waals surface area contributed by atoms with Crippen molar-refractivity contribution < 1.29 is 9.90 Å². The molecule has 14 heavy (non-hydrogen) atoms. The van der Waals surface area contributed by atoms with Crippen molar-refractivity contribution in [2.75, 3.05) is 0 Å². The van der Waals surface area contributed by atoms with Gasteiger partial charge in [0.25, 0.3) is 6.47 Å². The van der Waals surface area contributed by atoms with Crippen LogP contribution in [0.1, 0.15) is 5.56 Å². The van der Waals surface area contributed by atoms with Gasteiger partial charge in [0, 0.05) is 18.6 Å². The van der Waals surface area contributed by atoms with E-state index >= 15 is 0 Å². The molecule has 0 saturated carbocycles. The van der Waals surface area contributed by atoms with Gasteiger partial charge in [-0.2, -0.15) is 10.4 Å². The Bertz CT molecular complexity index is 471. The monoisotopic (exact) mass is 190 g/mol. The lowest BCUT2D eigenvalue weighted by Gasteiger charge is -1.90. The number of imidazole rings is 1. The Morgan fingerprint density at radius 3 is 2.93 bits per heavy atom. The van der Waals surface area contributed by atoms with Gasteiger partial charge in [-0.25, -0.2) is 9.50 Å². The maximum atomic E-state index is 8.62. The molecule has 0 unspecified atom stereocenters. The molecule has 6 nitrogen and oxygen atoms in total. The van der Waals surface area contributed by atoms with Gasteiger partial charge in [0.1, 0.15) is 6.07 Å². The molecule has 0 amide bonds. The molecule has 2 aromatic rings. The SMILES string of the molecule is N#Cc1ccnn2ccnc12.O=CO. The van der Waals surface area contributed by atoms with Crippen LogP contribution in [0.3, 0.4) is 0 Å². The van der Waals surface area contributed by atoms with Crippen molar-refractivity contribution in [3.8, 4) is 6.07 Å². The average Bonchev–Trinajstić information content (AvgIpc) is 2.66. The molecule has 0 aliphatic rings. The number of nitriles is 1. The molecule has 2 aromatic heterocycles. The minimum atomic E-state index is -0.250. The lowest BCUT2D eigenvalue weighted by atomic mass is 10.3. The fourth-order valence-corrected chi connectivity index (χ4v) is 0.924. The minimum absolute atomic E-state index is 0.250. The largest absolute Gasteiger partial charge is 0.483 e. The predicted molar refractivity (Wildman–Crippen MR) is 46.4 cm³/mol. The maximum Gasteiger partial charge on any atom is 0.290 e. The summed E-state index contributed by atoms with van der Waals surface area (Å²) in [6, 6.07) is 3.67. The highest BCUT2D eigenvalue weighted by Crippen LogP contribution is 2.03. The minimum Gasteiger partial charge on any atom is -0.483 e. The van der Waals surface area contributed by atoms with Gasteiger partial charge >= 0.3 is 0 Å². The van der Waals surface area contributed by atoms with Gasteiger partial charge in [-0.05, 0) is 6.07 Å². The Balaban J connectivity index is 0.000000293. The summed E-state index contributed by atoms with van der Waals surface area (Å²) in [4.78, 5) is 12.3. The number of rotatable bonds is 0. The van der Waals surface area contributed by atoms with Crippen molar-refractivity contribution in [2.45, 2.75) is 0 Å². The van der Waals surface area contributed by atoms with Gasteiger partial charge in [-0.15, -0.1) is 0 Å². The molecule has 70 valence electrons. The number of fused-ring (bicyclic) bond motifs is 1. The molecule has 0 aliphatic heterocycles. The van der Waals surface area contributed by atoms with E-state index in [0.29, 0.717) is 11.2 Å². The third kappa shape index (κ3) is 1.84. The Labute approximate surface area is 79.0 Å². The Morgan fingerprint density at radius 2 is 2.29 bits per heavy atom. The number of carbonyl (C=O) groups is 1. The van der Waals surface area contributed by atoms with E-state index in [1.807, 2.05) is 6.07 Å². The zero-order valence-corrected chi connectivity index (χ0v) is 7.03. The highest BCUT2D eigenvalue weighted by atomic mass is 16.3. The molecule has 0 bridgehead atoms. The Morgan fingerprint density at radius 1 is 1.57 bits per heavy atom. The van der Waals surface area contributed by atoms with Crippen molar-refractivity contribution in [3.63, 3.8) is 0 Å². The molecule has 0 atom stereocenters. The van der Waals surface area contributed by atoms with E-state index in [-0.39, 0.29) is 6.47 Å². The molecule has 0 aromatic carbocycles. The number of hydrogen-bond donors (Lipinski definition) is 1. The standard InChI is InChI=1S/C7H4N4.CH2O2/c8-5-6-1-2-10-11-4-3-9-7(6)11;2-1-3/h1-4H;1H,(H,2,3). The fraction of sp³-hybridized carbons (Fsp3) is 0. The van der Waals surface area contributed by atoms with Crippen molar-refractivity contribution in [1.82, 2.24) is 14.6 Å². The van der Waals surface area contributed by atoms with E-state index in [9.17, 15) is 0 Å². The lowest BCUT2D eigenvalue weighted by Crippen LogP contribution is -1.91. The van der Waals surface area contributed by atoms with Crippen LogP contribution in [0.15, 0.2) is 24.7 Å². The average molecular weight is 190 g/mol. The summed E-state index contributed by atoms with van der Waals surface area (Å²) in [7, 11) is 0. The summed E-state index contributed by atoms with van der Waals surface area (Å²) in [6.07, 6.45) is 4.90. The van der Waals surface area contributed by atoms with Gasteiger partial charge in [0.05, 0.1) is 5.56 Å². The van der Waals surface area contributed by atoms with Crippen LogP contribution in [0, 0.1) is 11.3 Å². The molecular weight excluding hydrogens is 184 g/mol. The second-order valence-corrected chi connectivity index (χ2v) is 2.16. The number of nitrogens with zero attached hydrogens (tertiary/aromatic N) is 4. The van der Waals surface area contributed by atoms with E-state index in [0.717, 1.165) is 0 Å². The topological polar surface area (TPSA) is 91.3 Å². The van der Waals surface area contributed by atoms with Crippen molar-refractivity contribution in [2.24, 2.45) is 0 Å². The Kier molecular flexibility index (Phi) is 3.15. The fourth-order valence-electron chi connectivity index (χ4n) is 0.924. The summed E-state index contributed by atoms with van der Waals surface area (Å²) in [5.41, 5.74) is 1.15. The predicted octanol–water partition coefficient (Wildman–Crippen LogP) is 0.302. The van der Waals surface area contributed by atoms with Crippen LogP contribution in [0.5, 0.6) is 0 Å². The molecule has 0 saturated heterocycles. The molecule has 0 spiro atoms. The molecule has 0 aliphatic carbocycles. The molecule has 6 heteroatoms. The maximum absolute atomic E-state index is 8.62. The van der Waals surface area contributed by atoms with E-state index in [1.165, 1.54) is 0 Å². The summed E-state index contributed by atoms with van der Waals surface area (Å²) in [6.45, 7) is -0.250. The first-order chi connectivity index (χ1) is 6.83. The molecule has 0 radical (unpaired) electrons. The molecular formula is C8H6N4O2. The zero-order valence-electron chi connectivity index (χ0n) is 7.03. The zero-order chi connectivity index (χ0) is 10.4.